The molecule has 3 rings (SSSR count). The zero-order valence-corrected chi connectivity index (χ0v) is 11.1. The van der Waals surface area contributed by atoms with Gasteiger partial charge in [0.1, 0.15) is 11.9 Å². The highest BCUT2D eigenvalue weighted by atomic mass is 16.4. The molecule has 20 heavy (non-hydrogen) atoms. The van der Waals surface area contributed by atoms with Gasteiger partial charge in [-0.3, -0.25) is 4.57 Å². The highest BCUT2D eigenvalue weighted by Crippen LogP contribution is 2.22. The Kier molecular flexibility index (Phi) is 2.93. The minimum Gasteiger partial charge on any atom is -0.480 e. The molecule has 0 amide bonds. The van der Waals surface area contributed by atoms with Crippen molar-refractivity contribution in [3.8, 4) is 0 Å². The van der Waals surface area contributed by atoms with E-state index in [2.05, 4.69) is 5.10 Å². The van der Waals surface area contributed by atoms with E-state index in [0.29, 0.717) is 25.2 Å². The fraction of sp³-hybridized carbons (Fsp3) is 0.357. The minimum atomic E-state index is -0.972. The molecule has 0 bridgehead atoms. The Morgan fingerprint density at radius 1 is 1.40 bits per heavy atom. The van der Waals surface area contributed by atoms with Gasteiger partial charge in [0.25, 0.3) is 0 Å². The van der Waals surface area contributed by atoms with Gasteiger partial charge in [-0.2, -0.15) is 5.10 Å². The predicted octanol–water partition coefficient (Wildman–Crippen LogP) is 0.973. The molecule has 1 aromatic carbocycles. The number of benzene rings is 1. The molecule has 0 saturated heterocycles. The molecular formula is C14H15N3O3. The van der Waals surface area contributed by atoms with Crippen LogP contribution >= 0.6 is 0 Å². The lowest BCUT2D eigenvalue weighted by Gasteiger charge is -2.05. The maximum absolute atomic E-state index is 12.2. The highest BCUT2D eigenvalue weighted by molar-refractivity contribution is 5.72. The number of carboxylic acids is 1. The zero-order chi connectivity index (χ0) is 14.3. The number of aromatic nitrogens is 3. The fourth-order valence-corrected chi connectivity index (χ4v) is 2.55. The second-order valence-electron chi connectivity index (χ2n) is 5.10. The van der Waals surface area contributed by atoms with Crippen LogP contribution in [0.4, 0.5) is 0 Å². The van der Waals surface area contributed by atoms with Crippen LogP contribution in [0.3, 0.4) is 0 Å². The van der Waals surface area contributed by atoms with Gasteiger partial charge in [0, 0.05) is 6.42 Å². The normalized spacial score (nSPS) is 17.1. The van der Waals surface area contributed by atoms with Crippen molar-refractivity contribution in [2.45, 2.75) is 32.4 Å². The van der Waals surface area contributed by atoms with Crippen molar-refractivity contribution in [1.82, 2.24) is 14.3 Å². The summed E-state index contributed by atoms with van der Waals surface area (Å²) in [5.41, 5.74) is 1.78. The number of aryl methyl sites for hydroxylation is 2. The zero-order valence-electron chi connectivity index (χ0n) is 11.1. The van der Waals surface area contributed by atoms with Gasteiger partial charge in [-0.15, -0.1) is 0 Å². The molecule has 0 spiro atoms. The Hall–Kier alpha value is -2.37. The van der Waals surface area contributed by atoms with Crippen molar-refractivity contribution >= 4 is 5.97 Å². The molecule has 0 saturated carbocycles. The van der Waals surface area contributed by atoms with E-state index in [1.807, 2.05) is 31.2 Å². The average molecular weight is 273 g/mol. The van der Waals surface area contributed by atoms with E-state index in [1.54, 1.807) is 0 Å². The number of hydrogen-bond acceptors (Lipinski definition) is 3. The summed E-state index contributed by atoms with van der Waals surface area (Å²) in [4.78, 5) is 23.4. The largest absolute Gasteiger partial charge is 0.480 e. The topological polar surface area (TPSA) is 77.1 Å². The highest BCUT2D eigenvalue weighted by Gasteiger charge is 2.32. The summed E-state index contributed by atoms with van der Waals surface area (Å²) in [7, 11) is 0. The van der Waals surface area contributed by atoms with Crippen LogP contribution in [-0.2, 0) is 17.8 Å². The quantitative estimate of drug-likeness (QED) is 0.904. The van der Waals surface area contributed by atoms with Crippen LogP contribution in [-0.4, -0.2) is 25.4 Å². The van der Waals surface area contributed by atoms with Gasteiger partial charge in [0.2, 0.25) is 0 Å². The number of nitrogens with zero attached hydrogens (tertiary/aromatic N) is 3. The number of aliphatic carboxylic acids is 1. The molecule has 0 fully saturated rings. The average Bonchev–Trinajstić information content (AvgIpc) is 2.94. The van der Waals surface area contributed by atoms with Crippen LogP contribution in [0.5, 0.6) is 0 Å². The molecule has 0 radical (unpaired) electrons. The third kappa shape index (κ3) is 2.03. The van der Waals surface area contributed by atoms with Gasteiger partial charge >= 0.3 is 11.7 Å². The molecule has 1 aromatic heterocycles. The standard InChI is InChI=1S/C14H15N3O3/c1-9-2-4-10(5-3-9)8-16-14(20)17-11(13(18)19)6-7-12(17)15-16/h2-5,11H,6-8H2,1H3,(H,18,19)/t11-/m0/s1. The molecular weight excluding hydrogens is 258 g/mol. The molecule has 1 aliphatic heterocycles. The van der Waals surface area contributed by atoms with Gasteiger partial charge < -0.3 is 5.11 Å². The summed E-state index contributed by atoms with van der Waals surface area (Å²) < 4.78 is 2.64. The van der Waals surface area contributed by atoms with Gasteiger partial charge in [0.15, 0.2) is 0 Å². The smallest absolute Gasteiger partial charge is 0.347 e. The summed E-state index contributed by atoms with van der Waals surface area (Å²) in [5, 5.41) is 13.4. The first-order valence-corrected chi connectivity index (χ1v) is 6.53. The molecule has 0 unspecified atom stereocenters. The van der Waals surface area contributed by atoms with Crippen molar-refractivity contribution in [2.75, 3.05) is 0 Å². The second kappa shape index (κ2) is 4.63. The number of rotatable bonds is 3. The lowest BCUT2D eigenvalue weighted by atomic mass is 10.1. The van der Waals surface area contributed by atoms with Crippen molar-refractivity contribution in [3.05, 3.63) is 51.7 Å². The van der Waals surface area contributed by atoms with Crippen LogP contribution in [0.1, 0.15) is 29.4 Å². The first-order chi connectivity index (χ1) is 9.56. The molecule has 1 aliphatic rings. The lowest BCUT2D eigenvalue weighted by molar-refractivity contribution is -0.140. The Morgan fingerprint density at radius 2 is 2.10 bits per heavy atom. The van der Waals surface area contributed by atoms with Crippen molar-refractivity contribution in [2.24, 2.45) is 0 Å². The third-order valence-corrected chi connectivity index (χ3v) is 3.63. The van der Waals surface area contributed by atoms with Gasteiger partial charge in [-0.25, -0.2) is 14.3 Å². The monoisotopic (exact) mass is 273 g/mol. The van der Waals surface area contributed by atoms with Crippen LogP contribution in [0, 0.1) is 6.92 Å². The SMILES string of the molecule is Cc1ccc(Cn2nc3n(c2=O)[C@H](C(=O)O)CC3)cc1. The summed E-state index contributed by atoms with van der Waals surface area (Å²) >= 11 is 0. The van der Waals surface area contributed by atoms with E-state index in [0.717, 1.165) is 11.1 Å². The van der Waals surface area contributed by atoms with Crippen LogP contribution in [0.2, 0.25) is 0 Å². The van der Waals surface area contributed by atoms with Gasteiger partial charge in [0.05, 0.1) is 6.54 Å². The van der Waals surface area contributed by atoms with Crippen molar-refractivity contribution in [3.63, 3.8) is 0 Å². The van der Waals surface area contributed by atoms with Crippen molar-refractivity contribution in [1.29, 1.82) is 0 Å². The summed E-state index contributed by atoms with van der Waals surface area (Å²) in [6, 6.07) is 7.07. The maximum atomic E-state index is 12.2. The summed E-state index contributed by atoms with van der Waals surface area (Å²) in [5.74, 6) is -0.407. The fourth-order valence-electron chi connectivity index (χ4n) is 2.55. The molecule has 0 aliphatic carbocycles. The van der Waals surface area contributed by atoms with Crippen LogP contribution in [0.25, 0.3) is 0 Å². The van der Waals surface area contributed by atoms with E-state index in [9.17, 15) is 9.59 Å². The van der Waals surface area contributed by atoms with E-state index >= 15 is 0 Å². The predicted molar refractivity (Wildman–Crippen MR) is 71.8 cm³/mol. The van der Waals surface area contributed by atoms with E-state index in [1.165, 1.54) is 9.25 Å². The molecule has 2 heterocycles. The van der Waals surface area contributed by atoms with Crippen LogP contribution < -0.4 is 5.69 Å². The second-order valence-corrected chi connectivity index (χ2v) is 5.10. The molecule has 6 heteroatoms. The number of fused-ring (bicyclic) bond motifs is 1. The maximum Gasteiger partial charge on any atom is 0.347 e. The molecule has 1 N–H and O–H groups in total. The Morgan fingerprint density at radius 3 is 2.75 bits per heavy atom. The number of carboxylic acid groups (broad SMARTS) is 1. The number of hydrogen-bond donors (Lipinski definition) is 1. The summed E-state index contributed by atoms with van der Waals surface area (Å²) in [6.45, 7) is 2.37. The summed E-state index contributed by atoms with van der Waals surface area (Å²) in [6.07, 6.45) is 0.978. The van der Waals surface area contributed by atoms with Crippen molar-refractivity contribution < 1.29 is 9.90 Å². The Balaban J connectivity index is 1.93. The van der Waals surface area contributed by atoms with Crippen LogP contribution in [0.15, 0.2) is 29.1 Å². The Bertz CT molecular complexity index is 712. The number of carbonyl (C=O) groups is 1. The van der Waals surface area contributed by atoms with E-state index < -0.39 is 12.0 Å². The minimum absolute atomic E-state index is 0.342. The lowest BCUT2D eigenvalue weighted by Crippen LogP contribution is -2.30. The molecule has 6 nitrogen and oxygen atoms in total. The first kappa shape index (κ1) is 12.7. The molecule has 1 atom stereocenters. The van der Waals surface area contributed by atoms with E-state index in [4.69, 9.17) is 5.11 Å². The third-order valence-electron chi connectivity index (χ3n) is 3.63. The first-order valence-electron chi connectivity index (χ1n) is 6.53. The molecule has 104 valence electrons. The van der Waals surface area contributed by atoms with E-state index in [-0.39, 0.29) is 5.69 Å². The Labute approximate surface area is 115 Å². The van der Waals surface area contributed by atoms with Gasteiger partial charge in [-0.1, -0.05) is 29.8 Å². The molecule has 2 aromatic rings. The van der Waals surface area contributed by atoms with Gasteiger partial charge in [-0.05, 0) is 18.9 Å².